The molecule has 0 bridgehead atoms. The summed E-state index contributed by atoms with van der Waals surface area (Å²) in [4.78, 5) is 0. The van der Waals surface area contributed by atoms with Gasteiger partial charge in [0.15, 0.2) is 0 Å². The van der Waals surface area contributed by atoms with Gasteiger partial charge >= 0.3 is 0 Å². The Morgan fingerprint density at radius 3 is 2.75 bits per heavy atom. The largest absolute Gasteiger partial charge is 0.493 e. The molecule has 0 amide bonds. The van der Waals surface area contributed by atoms with Crippen LogP contribution < -0.4 is 14.8 Å². The lowest BCUT2D eigenvalue weighted by Crippen LogP contribution is -2.17. The molecular formula is C15H21F2NO2. The molecule has 0 aromatic heterocycles. The van der Waals surface area contributed by atoms with Gasteiger partial charge in [0.05, 0.1) is 6.61 Å². The van der Waals surface area contributed by atoms with Crippen LogP contribution in [0.4, 0.5) is 8.78 Å². The highest BCUT2D eigenvalue weighted by Crippen LogP contribution is 2.27. The molecule has 20 heavy (non-hydrogen) atoms. The lowest BCUT2D eigenvalue weighted by Gasteiger charge is -2.14. The molecule has 0 aliphatic heterocycles. The fourth-order valence-corrected chi connectivity index (χ4v) is 1.82. The average molecular weight is 285 g/mol. The topological polar surface area (TPSA) is 30.5 Å². The summed E-state index contributed by atoms with van der Waals surface area (Å²) < 4.78 is 35.3. The highest BCUT2D eigenvalue weighted by Gasteiger charge is 2.21. The summed E-state index contributed by atoms with van der Waals surface area (Å²) in [7, 11) is 0. The Labute approximate surface area is 118 Å². The molecule has 2 rings (SSSR count). The van der Waals surface area contributed by atoms with Gasteiger partial charge in [-0.25, -0.2) is 8.78 Å². The van der Waals surface area contributed by atoms with Crippen molar-refractivity contribution >= 4 is 0 Å². The molecule has 1 aromatic rings. The second-order valence-corrected chi connectivity index (χ2v) is 4.98. The van der Waals surface area contributed by atoms with E-state index in [1.165, 1.54) is 12.8 Å². The SMILES string of the molecule is CCCOc1ccc(CNC2CC2)c(OCC(F)F)c1. The van der Waals surface area contributed by atoms with Gasteiger partial charge in [0.1, 0.15) is 18.1 Å². The Morgan fingerprint density at radius 2 is 2.10 bits per heavy atom. The van der Waals surface area contributed by atoms with Crippen LogP contribution in [0.1, 0.15) is 31.7 Å². The first-order valence-corrected chi connectivity index (χ1v) is 7.09. The van der Waals surface area contributed by atoms with Crippen molar-refractivity contribution in [3.8, 4) is 11.5 Å². The Kier molecular flexibility index (Phi) is 5.59. The quantitative estimate of drug-likeness (QED) is 0.754. The molecule has 0 atom stereocenters. The summed E-state index contributed by atoms with van der Waals surface area (Å²) in [6.07, 6.45) is 0.799. The summed E-state index contributed by atoms with van der Waals surface area (Å²) in [6.45, 7) is 2.67. The van der Waals surface area contributed by atoms with Crippen LogP contribution in [0.15, 0.2) is 18.2 Å². The van der Waals surface area contributed by atoms with Gasteiger partial charge in [-0.3, -0.25) is 0 Å². The third-order valence-electron chi connectivity index (χ3n) is 3.03. The van der Waals surface area contributed by atoms with E-state index in [2.05, 4.69) is 5.32 Å². The van der Waals surface area contributed by atoms with Gasteiger partial charge in [-0.2, -0.15) is 0 Å². The van der Waals surface area contributed by atoms with Crippen LogP contribution >= 0.6 is 0 Å². The van der Waals surface area contributed by atoms with Crippen LogP contribution in [0.2, 0.25) is 0 Å². The molecule has 0 spiro atoms. The smallest absolute Gasteiger partial charge is 0.272 e. The number of ether oxygens (including phenoxy) is 2. The molecule has 5 heteroatoms. The van der Waals surface area contributed by atoms with Crippen molar-refractivity contribution in [2.45, 2.75) is 45.2 Å². The van der Waals surface area contributed by atoms with Crippen LogP contribution in [0, 0.1) is 0 Å². The predicted molar refractivity (Wildman–Crippen MR) is 73.6 cm³/mol. The van der Waals surface area contributed by atoms with E-state index in [0.717, 1.165) is 12.0 Å². The van der Waals surface area contributed by atoms with Gasteiger partial charge in [0.2, 0.25) is 0 Å². The van der Waals surface area contributed by atoms with Crippen molar-refractivity contribution in [1.82, 2.24) is 5.32 Å². The summed E-state index contributed by atoms with van der Waals surface area (Å²) >= 11 is 0. The summed E-state index contributed by atoms with van der Waals surface area (Å²) in [5.74, 6) is 1.14. The standard InChI is InChI=1S/C15H21F2NO2/c1-2-7-19-13-6-3-11(9-18-12-4-5-12)14(8-13)20-10-15(16)17/h3,6,8,12,15,18H,2,4-5,7,9-10H2,1H3. The van der Waals surface area contributed by atoms with E-state index in [9.17, 15) is 8.78 Å². The summed E-state index contributed by atoms with van der Waals surface area (Å²) in [6, 6.07) is 5.99. The molecule has 0 saturated heterocycles. The van der Waals surface area contributed by atoms with E-state index in [1.807, 2.05) is 19.1 Å². The predicted octanol–water partition coefficient (Wildman–Crippen LogP) is 3.37. The van der Waals surface area contributed by atoms with Crippen LogP contribution in [0.5, 0.6) is 11.5 Å². The van der Waals surface area contributed by atoms with Gasteiger partial charge in [-0.1, -0.05) is 13.0 Å². The molecule has 0 radical (unpaired) electrons. The van der Waals surface area contributed by atoms with E-state index in [4.69, 9.17) is 9.47 Å². The summed E-state index contributed by atoms with van der Waals surface area (Å²) in [5, 5.41) is 3.36. The second-order valence-electron chi connectivity index (χ2n) is 4.98. The number of hydrogen-bond donors (Lipinski definition) is 1. The van der Waals surface area contributed by atoms with Crippen molar-refractivity contribution in [3.05, 3.63) is 23.8 Å². The Hall–Kier alpha value is -1.36. The number of benzene rings is 1. The maximum Gasteiger partial charge on any atom is 0.272 e. The number of nitrogens with one attached hydrogen (secondary N) is 1. The van der Waals surface area contributed by atoms with Gasteiger partial charge in [0.25, 0.3) is 6.43 Å². The highest BCUT2D eigenvalue weighted by molar-refractivity contribution is 5.40. The zero-order valence-electron chi connectivity index (χ0n) is 11.7. The van der Waals surface area contributed by atoms with Crippen LogP contribution in [0.25, 0.3) is 0 Å². The average Bonchev–Trinajstić information content (AvgIpc) is 3.25. The fraction of sp³-hybridized carbons (Fsp3) is 0.600. The lowest BCUT2D eigenvalue weighted by atomic mass is 10.2. The van der Waals surface area contributed by atoms with Crippen molar-refractivity contribution in [3.63, 3.8) is 0 Å². The second kappa shape index (κ2) is 7.43. The minimum absolute atomic E-state index is 0.479. The number of halogens is 2. The van der Waals surface area contributed by atoms with Gasteiger partial charge in [-0.15, -0.1) is 0 Å². The molecule has 1 saturated carbocycles. The maximum absolute atomic E-state index is 12.3. The minimum Gasteiger partial charge on any atom is -0.493 e. The van der Waals surface area contributed by atoms with Gasteiger partial charge in [0, 0.05) is 24.2 Å². The monoisotopic (exact) mass is 285 g/mol. The molecule has 1 aliphatic carbocycles. The molecular weight excluding hydrogens is 264 g/mol. The molecule has 0 unspecified atom stereocenters. The van der Waals surface area contributed by atoms with E-state index < -0.39 is 13.0 Å². The normalized spacial score (nSPS) is 14.6. The number of hydrogen-bond acceptors (Lipinski definition) is 3. The first-order chi connectivity index (χ1) is 9.69. The summed E-state index contributed by atoms with van der Waals surface area (Å²) in [5.41, 5.74) is 0.890. The van der Waals surface area contributed by atoms with Gasteiger partial charge < -0.3 is 14.8 Å². The lowest BCUT2D eigenvalue weighted by molar-refractivity contribution is 0.0812. The molecule has 1 aromatic carbocycles. The maximum atomic E-state index is 12.3. The first-order valence-electron chi connectivity index (χ1n) is 7.09. The number of alkyl halides is 2. The Balaban J connectivity index is 2.01. The van der Waals surface area contributed by atoms with Crippen molar-refractivity contribution in [2.24, 2.45) is 0 Å². The van der Waals surface area contributed by atoms with Crippen LogP contribution in [-0.4, -0.2) is 25.7 Å². The van der Waals surface area contributed by atoms with E-state index in [1.54, 1.807) is 6.07 Å². The number of rotatable bonds is 9. The van der Waals surface area contributed by atoms with Crippen LogP contribution in [0.3, 0.4) is 0 Å². The fourth-order valence-electron chi connectivity index (χ4n) is 1.82. The van der Waals surface area contributed by atoms with Crippen molar-refractivity contribution in [2.75, 3.05) is 13.2 Å². The minimum atomic E-state index is -2.47. The van der Waals surface area contributed by atoms with E-state index >= 15 is 0 Å². The zero-order chi connectivity index (χ0) is 14.4. The molecule has 1 fully saturated rings. The first kappa shape index (κ1) is 15.0. The third-order valence-corrected chi connectivity index (χ3v) is 3.03. The zero-order valence-corrected chi connectivity index (χ0v) is 11.7. The van der Waals surface area contributed by atoms with Crippen molar-refractivity contribution < 1.29 is 18.3 Å². The molecule has 3 nitrogen and oxygen atoms in total. The molecule has 1 aliphatic rings. The molecule has 112 valence electrons. The molecule has 1 N–H and O–H groups in total. The Bertz CT molecular complexity index is 422. The third kappa shape index (κ3) is 4.96. The van der Waals surface area contributed by atoms with E-state index in [0.29, 0.717) is 30.7 Å². The van der Waals surface area contributed by atoms with Gasteiger partial charge in [-0.05, 0) is 25.3 Å². The molecule has 0 heterocycles. The van der Waals surface area contributed by atoms with Crippen molar-refractivity contribution in [1.29, 1.82) is 0 Å². The van der Waals surface area contributed by atoms with Crippen LogP contribution in [-0.2, 0) is 6.54 Å². The highest BCUT2D eigenvalue weighted by atomic mass is 19.3. The Morgan fingerprint density at radius 1 is 1.30 bits per heavy atom. The van der Waals surface area contributed by atoms with E-state index in [-0.39, 0.29) is 0 Å².